The maximum absolute atomic E-state index is 12.0. The Morgan fingerprint density at radius 2 is 1.86 bits per heavy atom. The molecule has 1 aromatic heterocycles. The van der Waals surface area contributed by atoms with Crippen LogP contribution in [0.25, 0.3) is 11.3 Å². The van der Waals surface area contributed by atoms with Gasteiger partial charge in [-0.1, -0.05) is 26.0 Å². The van der Waals surface area contributed by atoms with E-state index in [0.29, 0.717) is 12.1 Å². The van der Waals surface area contributed by atoms with E-state index in [0.717, 1.165) is 31.0 Å². The molecule has 1 N–H and O–H groups in total. The van der Waals surface area contributed by atoms with Crippen molar-refractivity contribution < 1.29 is 9.21 Å². The van der Waals surface area contributed by atoms with Crippen molar-refractivity contribution in [3.8, 4) is 11.3 Å². The molecule has 0 aliphatic heterocycles. The van der Waals surface area contributed by atoms with Crippen molar-refractivity contribution in [3.05, 3.63) is 48.2 Å². The molecular formula is C17H22N2O2. The van der Waals surface area contributed by atoms with Crippen LogP contribution in [0.1, 0.15) is 24.2 Å². The number of carbonyl (C=O) groups is 1. The molecule has 4 heteroatoms. The second kappa shape index (κ2) is 7.64. The number of furan rings is 1. The van der Waals surface area contributed by atoms with Crippen LogP contribution in [0.3, 0.4) is 0 Å². The SMILES string of the molecule is CCN(CC)CCNC(=O)c1ccc(-c2ccco2)cc1. The van der Waals surface area contributed by atoms with Gasteiger partial charge in [-0.05, 0) is 37.4 Å². The van der Waals surface area contributed by atoms with Gasteiger partial charge >= 0.3 is 0 Å². The fourth-order valence-electron chi connectivity index (χ4n) is 2.20. The second-order valence-corrected chi connectivity index (χ2v) is 4.84. The first-order valence-electron chi connectivity index (χ1n) is 7.39. The van der Waals surface area contributed by atoms with Gasteiger partial charge in [0.15, 0.2) is 0 Å². The zero-order valence-corrected chi connectivity index (χ0v) is 12.6. The van der Waals surface area contributed by atoms with E-state index in [9.17, 15) is 4.79 Å². The number of likely N-dealkylation sites (N-methyl/N-ethyl adjacent to an activating group) is 1. The maximum Gasteiger partial charge on any atom is 0.251 e. The average molecular weight is 286 g/mol. The van der Waals surface area contributed by atoms with Crippen molar-refractivity contribution in [1.82, 2.24) is 10.2 Å². The topological polar surface area (TPSA) is 45.5 Å². The lowest BCUT2D eigenvalue weighted by Gasteiger charge is -2.17. The Labute approximate surface area is 125 Å². The molecule has 0 atom stereocenters. The van der Waals surface area contributed by atoms with Gasteiger partial charge in [-0.2, -0.15) is 0 Å². The highest BCUT2D eigenvalue weighted by atomic mass is 16.3. The molecule has 0 saturated heterocycles. The number of nitrogens with zero attached hydrogens (tertiary/aromatic N) is 1. The highest BCUT2D eigenvalue weighted by molar-refractivity contribution is 5.94. The molecule has 0 bridgehead atoms. The minimum atomic E-state index is -0.0341. The van der Waals surface area contributed by atoms with E-state index in [1.165, 1.54) is 0 Å². The monoisotopic (exact) mass is 286 g/mol. The third kappa shape index (κ3) is 4.20. The molecule has 1 aromatic carbocycles. The van der Waals surface area contributed by atoms with Crippen molar-refractivity contribution in [2.75, 3.05) is 26.2 Å². The molecular weight excluding hydrogens is 264 g/mol. The summed E-state index contributed by atoms with van der Waals surface area (Å²) < 4.78 is 5.33. The summed E-state index contributed by atoms with van der Waals surface area (Å²) in [5.41, 5.74) is 1.64. The number of rotatable bonds is 7. The summed E-state index contributed by atoms with van der Waals surface area (Å²) in [6, 6.07) is 11.2. The van der Waals surface area contributed by atoms with Crippen molar-refractivity contribution in [2.45, 2.75) is 13.8 Å². The molecule has 1 amide bonds. The summed E-state index contributed by atoms with van der Waals surface area (Å²) >= 11 is 0. The van der Waals surface area contributed by atoms with Crippen LogP contribution in [0, 0.1) is 0 Å². The predicted octanol–water partition coefficient (Wildman–Crippen LogP) is 3.02. The molecule has 0 saturated carbocycles. The molecule has 1 heterocycles. The zero-order chi connectivity index (χ0) is 15.1. The Hall–Kier alpha value is -2.07. The Morgan fingerprint density at radius 1 is 1.14 bits per heavy atom. The van der Waals surface area contributed by atoms with Crippen LogP contribution in [0.15, 0.2) is 47.1 Å². The van der Waals surface area contributed by atoms with Gasteiger partial charge in [0.1, 0.15) is 5.76 Å². The first kappa shape index (κ1) is 15.3. The lowest BCUT2D eigenvalue weighted by atomic mass is 10.1. The molecule has 0 fully saturated rings. The minimum Gasteiger partial charge on any atom is -0.464 e. The predicted molar refractivity (Wildman–Crippen MR) is 84.3 cm³/mol. The molecule has 21 heavy (non-hydrogen) atoms. The van der Waals surface area contributed by atoms with Crippen molar-refractivity contribution in [3.63, 3.8) is 0 Å². The number of nitrogens with one attached hydrogen (secondary N) is 1. The third-order valence-corrected chi connectivity index (χ3v) is 3.56. The number of hydrogen-bond acceptors (Lipinski definition) is 3. The number of hydrogen-bond donors (Lipinski definition) is 1. The minimum absolute atomic E-state index is 0.0341. The normalized spacial score (nSPS) is 10.8. The van der Waals surface area contributed by atoms with Crippen molar-refractivity contribution in [2.24, 2.45) is 0 Å². The first-order valence-corrected chi connectivity index (χ1v) is 7.39. The summed E-state index contributed by atoms with van der Waals surface area (Å²) in [7, 11) is 0. The lowest BCUT2D eigenvalue weighted by Crippen LogP contribution is -2.34. The molecule has 0 unspecified atom stereocenters. The molecule has 0 aliphatic carbocycles. The zero-order valence-electron chi connectivity index (χ0n) is 12.6. The van der Waals surface area contributed by atoms with Crippen LogP contribution in [0.2, 0.25) is 0 Å². The first-order chi connectivity index (χ1) is 10.2. The Kier molecular flexibility index (Phi) is 5.58. The van der Waals surface area contributed by atoms with Crippen LogP contribution < -0.4 is 5.32 Å². The van der Waals surface area contributed by atoms with E-state index < -0.39 is 0 Å². The summed E-state index contributed by atoms with van der Waals surface area (Å²) in [6.45, 7) is 7.80. The van der Waals surface area contributed by atoms with Gasteiger partial charge < -0.3 is 14.6 Å². The third-order valence-electron chi connectivity index (χ3n) is 3.56. The van der Waals surface area contributed by atoms with Crippen LogP contribution >= 0.6 is 0 Å². The van der Waals surface area contributed by atoms with Crippen molar-refractivity contribution in [1.29, 1.82) is 0 Å². The van der Waals surface area contributed by atoms with Crippen LogP contribution in [0.4, 0.5) is 0 Å². The smallest absolute Gasteiger partial charge is 0.251 e. The van der Waals surface area contributed by atoms with E-state index in [1.807, 2.05) is 36.4 Å². The number of amides is 1. The van der Waals surface area contributed by atoms with Gasteiger partial charge in [-0.25, -0.2) is 0 Å². The maximum atomic E-state index is 12.0. The van der Waals surface area contributed by atoms with E-state index in [-0.39, 0.29) is 5.91 Å². The Bertz CT molecular complexity index is 543. The largest absolute Gasteiger partial charge is 0.464 e. The lowest BCUT2D eigenvalue weighted by molar-refractivity contribution is 0.0949. The number of benzene rings is 1. The highest BCUT2D eigenvalue weighted by Crippen LogP contribution is 2.19. The van der Waals surface area contributed by atoms with E-state index >= 15 is 0 Å². The molecule has 2 rings (SSSR count). The van der Waals surface area contributed by atoms with Gasteiger partial charge in [0.2, 0.25) is 0 Å². The quantitative estimate of drug-likeness (QED) is 0.851. The highest BCUT2D eigenvalue weighted by Gasteiger charge is 2.07. The van der Waals surface area contributed by atoms with Gasteiger partial charge in [0.05, 0.1) is 6.26 Å². The molecule has 112 valence electrons. The van der Waals surface area contributed by atoms with Gasteiger partial charge in [-0.3, -0.25) is 4.79 Å². The van der Waals surface area contributed by atoms with Crippen LogP contribution in [-0.4, -0.2) is 37.0 Å². The summed E-state index contributed by atoms with van der Waals surface area (Å²) in [5, 5.41) is 2.95. The standard InChI is InChI=1S/C17H22N2O2/c1-3-19(4-2)12-11-18-17(20)15-9-7-14(8-10-15)16-6-5-13-21-16/h5-10,13H,3-4,11-12H2,1-2H3,(H,18,20). The average Bonchev–Trinajstić information content (AvgIpc) is 3.06. The van der Waals surface area contributed by atoms with E-state index in [2.05, 4.69) is 24.1 Å². The molecule has 0 spiro atoms. The number of carbonyl (C=O) groups excluding carboxylic acids is 1. The Morgan fingerprint density at radius 3 is 2.43 bits per heavy atom. The molecule has 0 aliphatic rings. The van der Waals surface area contributed by atoms with E-state index in [4.69, 9.17) is 4.42 Å². The van der Waals surface area contributed by atoms with Gasteiger partial charge in [0, 0.05) is 24.2 Å². The summed E-state index contributed by atoms with van der Waals surface area (Å²) in [5.74, 6) is 0.775. The summed E-state index contributed by atoms with van der Waals surface area (Å²) in [4.78, 5) is 14.3. The van der Waals surface area contributed by atoms with Gasteiger partial charge in [0.25, 0.3) is 5.91 Å². The van der Waals surface area contributed by atoms with Gasteiger partial charge in [-0.15, -0.1) is 0 Å². The van der Waals surface area contributed by atoms with E-state index in [1.54, 1.807) is 6.26 Å². The fraction of sp³-hybridized carbons (Fsp3) is 0.353. The molecule has 0 radical (unpaired) electrons. The van der Waals surface area contributed by atoms with Crippen LogP contribution in [-0.2, 0) is 0 Å². The Balaban J connectivity index is 1.88. The molecule has 4 nitrogen and oxygen atoms in total. The summed E-state index contributed by atoms with van der Waals surface area (Å²) in [6.07, 6.45) is 1.64. The molecule has 2 aromatic rings. The second-order valence-electron chi connectivity index (χ2n) is 4.84. The van der Waals surface area contributed by atoms with Crippen molar-refractivity contribution >= 4 is 5.91 Å². The fourth-order valence-corrected chi connectivity index (χ4v) is 2.20. The van der Waals surface area contributed by atoms with Crippen LogP contribution in [0.5, 0.6) is 0 Å².